The SMILES string of the molecule is O=CCc1[nH]c(=S)n2c1CC(c1c(F)c(F)cc(F)c1F)C2. The van der Waals surface area contributed by atoms with Crippen molar-refractivity contribution in [2.45, 2.75) is 25.3 Å². The van der Waals surface area contributed by atoms with Gasteiger partial charge in [0.2, 0.25) is 0 Å². The highest BCUT2D eigenvalue weighted by Crippen LogP contribution is 2.35. The molecule has 0 amide bonds. The van der Waals surface area contributed by atoms with Gasteiger partial charge in [-0.25, -0.2) is 17.6 Å². The Labute approximate surface area is 127 Å². The monoisotopic (exact) mass is 330 g/mol. The average Bonchev–Trinajstić information content (AvgIpc) is 3.00. The first-order valence-corrected chi connectivity index (χ1v) is 6.92. The maximum Gasteiger partial charge on any atom is 0.177 e. The van der Waals surface area contributed by atoms with Crippen molar-refractivity contribution in [3.63, 3.8) is 0 Å². The highest BCUT2D eigenvalue weighted by molar-refractivity contribution is 7.71. The number of H-pyrrole nitrogens is 1. The lowest BCUT2D eigenvalue weighted by atomic mass is 9.94. The number of aromatic nitrogens is 2. The number of imidazole rings is 1. The summed E-state index contributed by atoms with van der Waals surface area (Å²) in [7, 11) is 0. The normalized spacial score (nSPS) is 16.8. The van der Waals surface area contributed by atoms with Gasteiger partial charge in [-0.15, -0.1) is 0 Å². The number of carbonyl (C=O) groups excluding carboxylic acids is 1. The minimum Gasteiger partial charge on any atom is -0.334 e. The first-order chi connectivity index (χ1) is 10.4. The molecule has 1 atom stereocenters. The van der Waals surface area contributed by atoms with Crippen LogP contribution in [0.5, 0.6) is 0 Å². The molecular formula is C14H10F4N2OS. The van der Waals surface area contributed by atoms with Crippen LogP contribution in [0.3, 0.4) is 0 Å². The van der Waals surface area contributed by atoms with Crippen LogP contribution in [0.1, 0.15) is 22.9 Å². The van der Waals surface area contributed by atoms with Crippen molar-refractivity contribution in [1.29, 1.82) is 0 Å². The van der Waals surface area contributed by atoms with E-state index in [0.29, 0.717) is 22.4 Å². The Bertz CT molecular complexity index is 801. The second-order valence-electron chi connectivity index (χ2n) is 5.12. The van der Waals surface area contributed by atoms with Crippen LogP contribution in [0.2, 0.25) is 0 Å². The van der Waals surface area contributed by atoms with E-state index in [1.54, 1.807) is 4.57 Å². The molecule has 2 heterocycles. The number of hydrogen-bond donors (Lipinski definition) is 1. The molecule has 3 rings (SSSR count). The van der Waals surface area contributed by atoms with Crippen molar-refractivity contribution in [3.05, 3.63) is 51.1 Å². The van der Waals surface area contributed by atoms with Gasteiger partial charge in [-0.2, -0.15) is 0 Å². The topological polar surface area (TPSA) is 37.8 Å². The smallest absolute Gasteiger partial charge is 0.177 e. The number of fused-ring (bicyclic) bond motifs is 1. The van der Waals surface area contributed by atoms with Crippen molar-refractivity contribution in [3.8, 4) is 0 Å². The molecule has 0 saturated heterocycles. The molecule has 0 bridgehead atoms. The highest BCUT2D eigenvalue weighted by atomic mass is 32.1. The number of halogens is 4. The fraction of sp³-hybridized carbons (Fsp3) is 0.286. The zero-order valence-electron chi connectivity index (χ0n) is 11.1. The van der Waals surface area contributed by atoms with Crippen LogP contribution >= 0.6 is 12.2 Å². The molecule has 1 aromatic carbocycles. The molecule has 0 radical (unpaired) electrons. The lowest BCUT2D eigenvalue weighted by Crippen LogP contribution is -2.10. The Balaban J connectivity index is 2.06. The van der Waals surface area contributed by atoms with Gasteiger partial charge in [0.25, 0.3) is 0 Å². The summed E-state index contributed by atoms with van der Waals surface area (Å²) in [5, 5.41) is 0. The molecule has 0 saturated carbocycles. The summed E-state index contributed by atoms with van der Waals surface area (Å²) in [6.45, 7) is 0.0975. The standard InChI is InChI=1S/C14H10F4N2OS/c15-7-4-8(16)13(18)11(12(7)17)6-3-10-9(1-2-21)19-14(22)20(10)5-6/h2,4,6H,1,3,5H2,(H,19,22). The number of nitrogens with zero attached hydrogens (tertiary/aromatic N) is 1. The van der Waals surface area contributed by atoms with Crippen LogP contribution in [-0.4, -0.2) is 15.8 Å². The third kappa shape index (κ3) is 2.18. The van der Waals surface area contributed by atoms with Crippen molar-refractivity contribution in [2.75, 3.05) is 0 Å². The third-order valence-corrected chi connectivity index (χ3v) is 4.18. The van der Waals surface area contributed by atoms with E-state index in [4.69, 9.17) is 12.2 Å². The summed E-state index contributed by atoms with van der Waals surface area (Å²) >= 11 is 5.09. The van der Waals surface area contributed by atoms with E-state index in [1.165, 1.54) is 0 Å². The first-order valence-electron chi connectivity index (χ1n) is 6.51. The van der Waals surface area contributed by atoms with Crippen molar-refractivity contribution >= 4 is 18.5 Å². The summed E-state index contributed by atoms with van der Waals surface area (Å²) in [4.78, 5) is 13.5. The van der Waals surface area contributed by atoms with Gasteiger partial charge in [0, 0.05) is 41.9 Å². The van der Waals surface area contributed by atoms with E-state index in [1.807, 2.05) is 0 Å². The van der Waals surface area contributed by atoms with Crippen molar-refractivity contribution < 1.29 is 22.4 Å². The summed E-state index contributed by atoms with van der Waals surface area (Å²) in [6.07, 6.45) is 0.909. The van der Waals surface area contributed by atoms with Crippen LogP contribution in [0.4, 0.5) is 17.6 Å². The van der Waals surface area contributed by atoms with Gasteiger partial charge in [0.1, 0.15) is 6.29 Å². The number of rotatable bonds is 3. The summed E-state index contributed by atoms with van der Waals surface area (Å²) in [5.41, 5.74) is 0.568. The van der Waals surface area contributed by atoms with Crippen LogP contribution in [0.15, 0.2) is 6.07 Å². The number of benzene rings is 1. The molecular weight excluding hydrogens is 320 g/mol. The van der Waals surface area contributed by atoms with Crippen LogP contribution < -0.4 is 0 Å². The van der Waals surface area contributed by atoms with Crippen LogP contribution in [0, 0.1) is 28.0 Å². The van der Waals surface area contributed by atoms with Crippen molar-refractivity contribution in [2.24, 2.45) is 0 Å². The molecule has 1 N–H and O–H groups in total. The van der Waals surface area contributed by atoms with E-state index in [0.717, 1.165) is 0 Å². The predicted molar refractivity (Wildman–Crippen MR) is 72.1 cm³/mol. The molecule has 3 nitrogen and oxygen atoms in total. The Morgan fingerprint density at radius 1 is 1.27 bits per heavy atom. The zero-order chi connectivity index (χ0) is 16.0. The molecule has 116 valence electrons. The van der Waals surface area contributed by atoms with Gasteiger partial charge < -0.3 is 14.3 Å². The molecule has 2 aromatic rings. The molecule has 1 aromatic heterocycles. The molecule has 1 aliphatic heterocycles. The zero-order valence-corrected chi connectivity index (χ0v) is 11.9. The second kappa shape index (κ2) is 5.35. The average molecular weight is 330 g/mol. The Hall–Kier alpha value is -1.96. The maximum absolute atomic E-state index is 13.9. The summed E-state index contributed by atoms with van der Waals surface area (Å²) < 4.78 is 56.4. The number of carbonyl (C=O) groups is 1. The van der Waals surface area contributed by atoms with E-state index in [-0.39, 0.29) is 25.5 Å². The van der Waals surface area contributed by atoms with Gasteiger partial charge in [0.15, 0.2) is 28.0 Å². The summed E-state index contributed by atoms with van der Waals surface area (Å²) in [5.74, 6) is -6.41. The number of aldehydes is 1. The van der Waals surface area contributed by atoms with E-state index in [9.17, 15) is 22.4 Å². The fourth-order valence-corrected chi connectivity index (χ4v) is 3.20. The van der Waals surface area contributed by atoms with E-state index in [2.05, 4.69) is 4.98 Å². The van der Waals surface area contributed by atoms with E-state index >= 15 is 0 Å². The Morgan fingerprint density at radius 3 is 2.50 bits per heavy atom. The lowest BCUT2D eigenvalue weighted by molar-refractivity contribution is -0.107. The molecule has 0 fully saturated rings. The van der Waals surface area contributed by atoms with Gasteiger partial charge in [-0.1, -0.05) is 0 Å². The van der Waals surface area contributed by atoms with Gasteiger partial charge in [-0.05, 0) is 18.6 Å². The number of aromatic amines is 1. The minimum atomic E-state index is -1.43. The molecule has 8 heteroatoms. The highest BCUT2D eigenvalue weighted by Gasteiger charge is 2.33. The summed E-state index contributed by atoms with van der Waals surface area (Å²) in [6, 6.07) is 0.188. The second-order valence-corrected chi connectivity index (χ2v) is 5.51. The quantitative estimate of drug-likeness (QED) is 0.406. The Kier molecular flexibility index (Phi) is 3.64. The number of hydrogen-bond acceptors (Lipinski definition) is 2. The first kappa shape index (κ1) is 15.0. The van der Waals surface area contributed by atoms with Gasteiger partial charge in [-0.3, -0.25) is 0 Å². The van der Waals surface area contributed by atoms with Gasteiger partial charge >= 0.3 is 0 Å². The van der Waals surface area contributed by atoms with Crippen molar-refractivity contribution in [1.82, 2.24) is 9.55 Å². The van der Waals surface area contributed by atoms with Crippen LogP contribution in [-0.2, 0) is 24.2 Å². The van der Waals surface area contributed by atoms with Crippen LogP contribution in [0.25, 0.3) is 0 Å². The largest absolute Gasteiger partial charge is 0.334 e. The van der Waals surface area contributed by atoms with Gasteiger partial charge in [0.05, 0.1) is 0 Å². The molecule has 1 unspecified atom stereocenters. The third-order valence-electron chi connectivity index (χ3n) is 3.86. The molecule has 0 aliphatic carbocycles. The molecule has 0 spiro atoms. The van der Waals surface area contributed by atoms with E-state index < -0.39 is 34.8 Å². The minimum absolute atomic E-state index is 0.0845. The fourth-order valence-electron chi connectivity index (χ4n) is 2.89. The lowest BCUT2D eigenvalue weighted by Gasteiger charge is -2.13. The molecule has 22 heavy (non-hydrogen) atoms. The molecule has 1 aliphatic rings. The maximum atomic E-state index is 13.9. The Morgan fingerprint density at radius 2 is 1.91 bits per heavy atom. The predicted octanol–water partition coefficient (Wildman–Crippen LogP) is 3.18. The number of nitrogens with one attached hydrogen (secondary N) is 1.